The maximum atomic E-state index is 11.2. The first-order chi connectivity index (χ1) is 6.85. The van der Waals surface area contributed by atoms with E-state index in [9.17, 15) is 8.42 Å². The van der Waals surface area contributed by atoms with Crippen molar-refractivity contribution in [3.8, 4) is 0 Å². The van der Waals surface area contributed by atoms with Crippen LogP contribution in [0.1, 0.15) is 26.7 Å². The van der Waals surface area contributed by atoms with Crippen LogP contribution in [0.4, 0.5) is 0 Å². The molecule has 1 aliphatic rings. The third-order valence-corrected chi connectivity index (χ3v) is 4.64. The Bertz CT molecular complexity index is 284. The van der Waals surface area contributed by atoms with Crippen LogP contribution in [-0.2, 0) is 14.6 Å². The molecule has 0 saturated carbocycles. The van der Waals surface area contributed by atoms with E-state index in [0.717, 1.165) is 19.4 Å². The summed E-state index contributed by atoms with van der Waals surface area (Å²) in [6.45, 7) is 4.79. The summed E-state index contributed by atoms with van der Waals surface area (Å²) >= 11 is 0. The average Bonchev–Trinajstić information content (AvgIpc) is 2.16. The van der Waals surface area contributed by atoms with Crippen molar-refractivity contribution in [2.75, 3.05) is 25.2 Å². The Kier molecular flexibility index (Phi) is 4.14. The predicted octanol–water partition coefficient (Wildman–Crippen LogP) is 0.578. The number of hydrogen-bond donors (Lipinski definition) is 1. The van der Waals surface area contributed by atoms with Gasteiger partial charge in [0.05, 0.1) is 17.1 Å². The molecule has 0 aromatic heterocycles. The lowest BCUT2D eigenvalue weighted by Crippen LogP contribution is -2.44. The van der Waals surface area contributed by atoms with Gasteiger partial charge < -0.3 is 10.1 Å². The Morgan fingerprint density at radius 3 is 2.33 bits per heavy atom. The Morgan fingerprint density at radius 1 is 1.33 bits per heavy atom. The zero-order chi connectivity index (χ0) is 11.5. The number of sulfone groups is 1. The molecular formula is C10H21NO3S. The van der Waals surface area contributed by atoms with Crippen molar-refractivity contribution in [2.45, 2.75) is 38.3 Å². The molecule has 0 amide bonds. The van der Waals surface area contributed by atoms with Crippen LogP contribution < -0.4 is 5.32 Å². The average molecular weight is 235 g/mol. The van der Waals surface area contributed by atoms with Gasteiger partial charge in [0.15, 0.2) is 0 Å². The summed E-state index contributed by atoms with van der Waals surface area (Å²) in [4.78, 5) is 0. The van der Waals surface area contributed by atoms with E-state index in [-0.39, 0.29) is 5.60 Å². The summed E-state index contributed by atoms with van der Waals surface area (Å²) in [7, 11) is -1.06. The monoisotopic (exact) mass is 235 g/mol. The van der Waals surface area contributed by atoms with Gasteiger partial charge in [-0.1, -0.05) is 0 Å². The number of nitrogens with one attached hydrogen (secondary N) is 1. The second-order valence-corrected chi connectivity index (χ2v) is 7.07. The lowest BCUT2D eigenvalue weighted by molar-refractivity contribution is 0.0208. The number of rotatable bonds is 4. The summed E-state index contributed by atoms with van der Waals surface area (Å²) in [5.74, 6) is 0.635. The second kappa shape index (κ2) is 4.80. The van der Waals surface area contributed by atoms with E-state index in [2.05, 4.69) is 5.32 Å². The molecule has 1 rings (SSSR count). The van der Waals surface area contributed by atoms with Crippen molar-refractivity contribution in [1.82, 2.24) is 5.32 Å². The molecular weight excluding hydrogens is 214 g/mol. The summed E-state index contributed by atoms with van der Waals surface area (Å²) in [6, 6.07) is 0.322. The summed E-state index contributed by atoms with van der Waals surface area (Å²) in [6.07, 6.45) is 1.45. The molecule has 0 radical (unpaired) electrons. The van der Waals surface area contributed by atoms with Gasteiger partial charge >= 0.3 is 0 Å². The van der Waals surface area contributed by atoms with Gasteiger partial charge in [0.2, 0.25) is 0 Å². The minimum absolute atomic E-state index is 0.184. The third-order valence-electron chi connectivity index (χ3n) is 2.92. The molecule has 1 saturated heterocycles. The minimum atomic E-state index is -2.75. The van der Waals surface area contributed by atoms with Gasteiger partial charge in [-0.3, -0.25) is 0 Å². The van der Waals surface area contributed by atoms with E-state index in [1.807, 2.05) is 13.8 Å². The van der Waals surface area contributed by atoms with E-state index < -0.39 is 9.84 Å². The Hall–Kier alpha value is -0.130. The van der Waals surface area contributed by atoms with Crippen LogP contribution in [0.5, 0.6) is 0 Å². The molecule has 0 aromatic rings. The van der Waals surface area contributed by atoms with Crippen LogP contribution in [0.3, 0.4) is 0 Å². The zero-order valence-electron chi connectivity index (χ0n) is 9.75. The topological polar surface area (TPSA) is 55.4 Å². The van der Waals surface area contributed by atoms with Crippen molar-refractivity contribution in [1.29, 1.82) is 0 Å². The van der Waals surface area contributed by atoms with Crippen LogP contribution in [0.15, 0.2) is 0 Å². The second-order valence-electron chi connectivity index (χ2n) is 4.77. The van der Waals surface area contributed by atoms with E-state index in [0.29, 0.717) is 17.5 Å². The molecule has 1 N–H and O–H groups in total. The van der Waals surface area contributed by atoms with Crippen molar-refractivity contribution in [3.63, 3.8) is 0 Å². The number of hydrogen-bond acceptors (Lipinski definition) is 4. The largest absolute Gasteiger partial charge is 0.377 e. The van der Waals surface area contributed by atoms with Crippen molar-refractivity contribution in [2.24, 2.45) is 0 Å². The van der Waals surface area contributed by atoms with E-state index in [1.54, 1.807) is 7.11 Å². The quantitative estimate of drug-likeness (QED) is 0.774. The van der Waals surface area contributed by atoms with Crippen LogP contribution in [0.2, 0.25) is 0 Å². The van der Waals surface area contributed by atoms with Crippen LogP contribution in [0.25, 0.3) is 0 Å². The maximum Gasteiger partial charge on any atom is 0.150 e. The van der Waals surface area contributed by atoms with E-state index in [1.165, 1.54) is 0 Å². The van der Waals surface area contributed by atoms with Crippen LogP contribution in [-0.4, -0.2) is 45.2 Å². The fraction of sp³-hybridized carbons (Fsp3) is 1.00. The normalized spacial score (nSPS) is 22.9. The molecule has 0 unspecified atom stereocenters. The Morgan fingerprint density at radius 2 is 1.87 bits per heavy atom. The molecule has 1 aliphatic heterocycles. The highest BCUT2D eigenvalue weighted by Gasteiger charge is 2.25. The predicted molar refractivity (Wildman–Crippen MR) is 60.8 cm³/mol. The first-order valence-electron chi connectivity index (χ1n) is 5.34. The molecule has 1 fully saturated rings. The fourth-order valence-electron chi connectivity index (χ4n) is 1.56. The van der Waals surface area contributed by atoms with E-state index >= 15 is 0 Å². The van der Waals surface area contributed by atoms with Gasteiger partial charge in [0.1, 0.15) is 9.84 Å². The molecule has 0 aromatic carbocycles. The first kappa shape index (κ1) is 12.9. The molecule has 0 bridgehead atoms. The van der Waals surface area contributed by atoms with Crippen LogP contribution >= 0.6 is 0 Å². The van der Waals surface area contributed by atoms with Gasteiger partial charge in [-0.15, -0.1) is 0 Å². The third kappa shape index (κ3) is 4.49. The molecule has 0 atom stereocenters. The maximum absolute atomic E-state index is 11.2. The van der Waals surface area contributed by atoms with Crippen molar-refractivity contribution in [3.05, 3.63) is 0 Å². The molecule has 0 aliphatic carbocycles. The molecule has 5 heteroatoms. The zero-order valence-corrected chi connectivity index (χ0v) is 10.6. The smallest absolute Gasteiger partial charge is 0.150 e. The number of ether oxygens (including phenoxy) is 1. The summed E-state index contributed by atoms with van der Waals surface area (Å²) < 4.78 is 27.7. The highest BCUT2D eigenvalue weighted by atomic mass is 32.2. The van der Waals surface area contributed by atoms with Crippen molar-refractivity contribution < 1.29 is 13.2 Å². The molecule has 15 heavy (non-hydrogen) atoms. The minimum Gasteiger partial charge on any atom is -0.377 e. The van der Waals surface area contributed by atoms with Gasteiger partial charge in [-0.2, -0.15) is 0 Å². The first-order valence-corrected chi connectivity index (χ1v) is 7.16. The lowest BCUT2D eigenvalue weighted by atomic mass is 10.1. The standard InChI is InChI=1S/C10H21NO3S/c1-10(2,14-3)8-11-9-4-6-15(12,13)7-5-9/h9,11H,4-8H2,1-3H3. The highest BCUT2D eigenvalue weighted by molar-refractivity contribution is 7.91. The Balaban J connectivity index is 2.31. The summed E-state index contributed by atoms with van der Waals surface area (Å²) in [5, 5.41) is 3.36. The van der Waals surface area contributed by atoms with Gasteiger partial charge in [-0.05, 0) is 26.7 Å². The summed E-state index contributed by atoms with van der Waals surface area (Å²) in [5.41, 5.74) is -0.184. The molecule has 90 valence electrons. The van der Waals surface area contributed by atoms with Crippen molar-refractivity contribution >= 4 is 9.84 Å². The molecule has 1 heterocycles. The SMILES string of the molecule is COC(C)(C)CNC1CCS(=O)(=O)CC1. The lowest BCUT2D eigenvalue weighted by Gasteiger charge is -2.29. The Labute approximate surface area is 92.3 Å². The van der Waals surface area contributed by atoms with Gasteiger partial charge in [0, 0.05) is 19.7 Å². The van der Waals surface area contributed by atoms with Gasteiger partial charge in [0.25, 0.3) is 0 Å². The number of methoxy groups -OCH3 is 1. The van der Waals surface area contributed by atoms with Gasteiger partial charge in [-0.25, -0.2) is 8.42 Å². The van der Waals surface area contributed by atoms with Crippen LogP contribution in [0, 0.1) is 0 Å². The highest BCUT2D eigenvalue weighted by Crippen LogP contribution is 2.13. The molecule has 4 nitrogen and oxygen atoms in total. The fourth-order valence-corrected chi connectivity index (χ4v) is 3.05. The molecule has 0 spiro atoms. The van der Waals surface area contributed by atoms with E-state index in [4.69, 9.17) is 4.74 Å².